The maximum absolute atomic E-state index is 12.9. The van der Waals surface area contributed by atoms with Gasteiger partial charge < -0.3 is 14.9 Å². The van der Waals surface area contributed by atoms with Crippen LogP contribution in [-0.2, 0) is 10.9 Å². The van der Waals surface area contributed by atoms with Crippen LogP contribution in [0.4, 0.5) is 13.2 Å². The number of fused-ring (bicyclic) bond motifs is 1. The maximum Gasteiger partial charge on any atom is 0.418 e. The fourth-order valence-electron chi connectivity index (χ4n) is 1.88. The van der Waals surface area contributed by atoms with E-state index in [4.69, 9.17) is 0 Å². The van der Waals surface area contributed by atoms with Gasteiger partial charge in [-0.3, -0.25) is 0 Å². The number of para-hydroxylation sites is 1. The van der Waals surface area contributed by atoms with E-state index >= 15 is 0 Å². The van der Waals surface area contributed by atoms with Crippen molar-refractivity contribution in [3.8, 4) is 11.6 Å². The van der Waals surface area contributed by atoms with Crippen molar-refractivity contribution < 1.29 is 32.9 Å². The van der Waals surface area contributed by atoms with Crippen molar-refractivity contribution in [3.05, 3.63) is 29.3 Å². The van der Waals surface area contributed by atoms with Crippen molar-refractivity contribution in [2.24, 2.45) is 0 Å². The topological polar surface area (TPSA) is 79.7 Å². The molecular formula is C13H10F3NO4. The minimum atomic E-state index is -4.71. The predicted octanol–water partition coefficient (Wildman–Crippen LogP) is 2.84. The van der Waals surface area contributed by atoms with Gasteiger partial charge in [-0.05, 0) is 19.1 Å². The summed E-state index contributed by atoms with van der Waals surface area (Å²) < 4.78 is 43.2. The summed E-state index contributed by atoms with van der Waals surface area (Å²) in [7, 11) is 0. The molecular weight excluding hydrogens is 291 g/mol. The Hall–Kier alpha value is -2.51. The van der Waals surface area contributed by atoms with Gasteiger partial charge >= 0.3 is 12.1 Å². The molecule has 112 valence electrons. The number of aromatic nitrogens is 1. The third-order valence-electron chi connectivity index (χ3n) is 2.75. The van der Waals surface area contributed by atoms with Crippen molar-refractivity contribution in [2.45, 2.75) is 13.1 Å². The first kappa shape index (κ1) is 14.9. The maximum atomic E-state index is 12.9. The van der Waals surface area contributed by atoms with Crippen LogP contribution in [0.25, 0.3) is 10.9 Å². The summed E-state index contributed by atoms with van der Waals surface area (Å²) in [5, 5.41) is 19.3. The molecule has 0 aliphatic rings. The Morgan fingerprint density at radius 1 is 1.33 bits per heavy atom. The fourth-order valence-corrected chi connectivity index (χ4v) is 1.88. The SMILES string of the molecule is CCOC(=O)c1c(O)nc2c(C(F)(F)F)cccc2c1O. The zero-order valence-electron chi connectivity index (χ0n) is 10.7. The lowest BCUT2D eigenvalue weighted by atomic mass is 10.1. The highest BCUT2D eigenvalue weighted by Gasteiger charge is 2.35. The molecule has 0 atom stereocenters. The van der Waals surface area contributed by atoms with Crippen LogP contribution < -0.4 is 0 Å². The second kappa shape index (κ2) is 5.12. The van der Waals surface area contributed by atoms with Crippen molar-refractivity contribution in [3.63, 3.8) is 0 Å². The number of halogens is 3. The lowest BCUT2D eigenvalue weighted by Gasteiger charge is -2.13. The Morgan fingerprint density at radius 3 is 2.57 bits per heavy atom. The minimum Gasteiger partial charge on any atom is -0.506 e. The highest BCUT2D eigenvalue weighted by Crippen LogP contribution is 2.40. The number of ether oxygens (including phenoxy) is 1. The number of hydrogen-bond donors (Lipinski definition) is 2. The van der Waals surface area contributed by atoms with Gasteiger partial charge in [0.15, 0.2) is 5.56 Å². The number of esters is 1. The van der Waals surface area contributed by atoms with Crippen LogP contribution in [0, 0.1) is 0 Å². The normalized spacial score (nSPS) is 11.6. The van der Waals surface area contributed by atoms with E-state index in [0.29, 0.717) is 0 Å². The monoisotopic (exact) mass is 301 g/mol. The van der Waals surface area contributed by atoms with E-state index in [1.807, 2.05) is 0 Å². The van der Waals surface area contributed by atoms with Crippen LogP contribution in [-0.4, -0.2) is 27.8 Å². The van der Waals surface area contributed by atoms with Gasteiger partial charge in [0.05, 0.1) is 17.7 Å². The van der Waals surface area contributed by atoms with Gasteiger partial charge in [-0.25, -0.2) is 9.78 Å². The first-order chi connectivity index (χ1) is 9.77. The van der Waals surface area contributed by atoms with E-state index < -0.39 is 40.4 Å². The third kappa shape index (κ3) is 2.56. The molecule has 0 unspecified atom stereocenters. The number of nitrogens with zero attached hydrogens (tertiary/aromatic N) is 1. The number of aromatic hydroxyl groups is 2. The molecule has 1 heterocycles. The molecule has 1 aromatic heterocycles. The lowest BCUT2D eigenvalue weighted by molar-refractivity contribution is -0.136. The summed E-state index contributed by atoms with van der Waals surface area (Å²) in [6.45, 7) is 1.47. The second-order valence-corrected chi connectivity index (χ2v) is 4.08. The molecule has 0 saturated heterocycles. The zero-order chi connectivity index (χ0) is 15.8. The van der Waals surface area contributed by atoms with Crippen LogP contribution in [0.15, 0.2) is 18.2 Å². The molecule has 8 heteroatoms. The van der Waals surface area contributed by atoms with Crippen LogP contribution >= 0.6 is 0 Å². The summed E-state index contributed by atoms with van der Waals surface area (Å²) in [5.41, 5.74) is -2.43. The Balaban J connectivity index is 2.78. The highest BCUT2D eigenvalue weighted by molar-refractivity contribution is 6.02. The standard InChI is InChI=1S/C13H10F3NO4/c1-2-21-12(20)8-10(18)6-4-3-5-7(13(14,15)16)9(6)17-11(8)19/h3-5H,2H2,1H3,(H2,17,18,19). The van der Waals surface area contributed by atoms with Gasteiger partial charge in [0, 0.05) is 5.39 Å². The Bertz CT molecular complexity index is 713. The van der Waals surface area contributed by atoms with Gasteiger partial charge in [0.1, 0.15) is 5.75 Å². The zero-order valence-corrected chi connectivity index (χ0v) is 10.7. The molecule has 2 aromatic rings. The molecule has 0 radical (unpaired) electrons. The first-order valence-electron chi connectivity index (χ1n) is 5.86. The number of benzene rings is 1. The van der Waals surface area contributed by atoms with Gasteiger partial charge in [0.25, 0.3) is 0 Å². The van der Waals surface area contributed by atoms with Crippen LogP contribution in [0.1, 0.15) is 22.8 Å². The Morgan fingerprint density at radius 2 is 2.00 bits per heavy atom. The number of rotatable bonds is 2. The minimum absolute atomic E-state index is 0.0294. The molecule has 21 heavy (non-hydrogen) atoms. The van der Waals surface area contributed by atoms with E-state index in [0.717, 1.165) is 18.2 Å². The van der Waals surface area contributed by atoms with Gasteiger partial charge in [-0.2, -0.15) is 13.2 Å². The molecule has 0 bridgehead atoms. The first-order valence-corrected chi connectivity index (χ1v) is 5.86. The Kier molecular flexibility index (Phi) is 3.63. The average Bonchev–Trinajstić information content (AvgIpc) is 2.37. The van der Waals surface area contributed by atoms with Gasteiger partial charge in [-0.1, -0.05) is 6.07 Å². The highest BCUT2D eigenvalue weighted by atomic mass is 19.4. The van der Waals surface area contributed by atoms with Crippen molar-refractivity contribution in [2.75, 3.05) is 6.61 Å². The van der Waals surface area contributed by atoms with E-state index in [1.54, 1.807) is 0 Å². The van der Waals surface area contributed by atoms with Crippen molar-refractivity contribution in [1.82, 2.24) is 4.98 Å². The molecule has 5 nitrogen and oxygen atoms in total. The molecule has 0 spiro atoms. The van der Waals surface area contributed by atoms with E-state index in [9.17, 15) is 28.2 Å². The van der Waals surface area contributed by atoms with E-state index in [1.165, 1.54) is 6.92 Å². The van der Waals surface area contributed by atoms with Crippen molar-refractivity contribution >= 4 is 16.9 Å². The predicted molar refractivity (Wildman–Crippen MR) is 66.0 cm³/mol. The quantitative estimate of drug-likeness (QED) is 0.834. The summed E-state index contributed by atoms with van der Waals surface area (Å²) in [6, 6.07) is 2.99. The molecule has 0 aliphatic heterocycles. The Labute approximate surface area is 116 Å². The van der Waals surface area contributed by atoms with Crippen LogP contribution in [0.5, 0.6) is 11.6 Å². The van der Waals surface area contributed by atoms with Gasteiger partial charge in [0.2, 0.25) is 5.88 Å². The van der Waals surface area contributed by atoms with Gasteiger partial charge in [-0.15, -0.1) is 0 Å². The van der Waals surface area contributed by atoms with Crippen LogP contribution in [0.3, 0.4) is 0 Å². The third-order valence-corrected chi connectivity index (χ3v) is 2.75. The number of pyridine rings is 1. The van der Waals surface area contributed by atoms with E-state index in [2.05, 4.69) is 9.72 Å². The number of carbonyl (C=O) groups is 1. The summed E-state index contributed by atoms with van der Waals surface area (Å²) in [5.74, 6) is -2.89. The second-order valence-electron chi connectivity index (χ2n) is 4.08. The summed E-state index contributed by atoms with van der Waals surface area (Å²) in [6.07, 6.45) is -4.71. The van der Waals surface area contributed by atoms with E-state index in [-0.39, 0.29) is 12.0 Å². The molecule has 1 aromatic carbocycles. The molecule has 0 saturated carbocycles. The fraction of sp³-hybridized carbons (Fsp3) is 0.231. The smallest absolute Gasteiger partial charge is 0.418 e. The van der Waals surface area contributed by atoms with Crippen LogP contribution in [0.2, 0.25) is 0 Å². The number of alkyl halides is 3. The average molecular weight is 301 g/mol. The number of carbonyl (C=O) groups excluding carboxylic acids is 1. The molecule has 2 rings (SSSR count). The lowest BCUT2D eigenvalue weighted by Crippen LogP contribution is -2.09. The molecule has 0 amide bonds. The largest absolute Gasteiger partial charge is 0.506 e. The summed E-state index contributed by atoms with van der Waals surface area (Å²) in [4.78, 5) is 15.0. The molecule has 0 aliphatic carbocycles. The molecule has 0 fully saturated rings. The van der Waals surface area contributed by atoms with Crippen molar-refractivity contribution in [1.29, 1.82) is 0 Å². The molecule has 2 N–H and O–H groups in total. The summed E-state index contributed by atoms with van der Waals surface area (Å²) >= 11 is 0. The number of hydrogen-bond acceptors (Lipinski definition) is 5.